The Morgan fingerprint density at radius 1 is 0.871 bits per heavy atom. The second-order valence-corrected chi connectivity index (χ2v) is 7.58. The summed E-state index contributed by atoms with van der Waals surface area (Å²) < 4.78 is 0. The molecule has 1 fully saturated rings. The lowest BCUT2D eigenvalue weighted by Gasteiger charge is -2.22. The minimum Gasteiger partial charge on any atom is -0.344 e. The lowest BCUT2D eigenvalue weighted by Crippen LogP contribution is -2.42. The third-order valence-corrected chi connectivity index (χ3v) is 5.32. The number of carbonyl (C=O) groups is 3. The highest BCUT2D eigenvalue weighted by atomic mass is 35.5. The molecule has 1 saturated heterocycles. The SMILES string of the molecule is O=C(CN1C(=O)CN(c2ccccc2)C1=O)NC(c1ccccc1)c1ccc(Cl)cc1. The fourth-order valence-corrected chi connectivity index (χ4v) is 3.64. The molecule has 1 aliphatic rings. The van der Waals surface area contributed by atoms with E-state index in [9.17, 15) is 14.4 Å². The van der Waals surface area contributed by atoms with Crippen LogP contribution in [-0.4, -0.2) is 35.8 Å². The predicted molar refractivity (Wildman–Crippen MR) is 119 cm³/mol. The number of hydrogen-bond acceptors (Lipinski definition) is 3. The zero-order valence-corrected chi connectivity index (χ0v) is 17.3. The summed E-state index contributed by atoms with van der Waals surface area (Å²) in [6.45, 7) is -0.437. The molecule has 1 atom stereocenters. The summed E-state index contributed by atoms with van der Waals surface area (Å²) in [5, 5.41) is 3.54. The first-order chi connectivity index (χ1) is 15.0. The molecule has 0 aromatic heterocycles. The third-order valence-electron chi connectivity index (χ3n) is 5.07. The summed E-state index contributed by atoms with van der Waals surface area (Å²) in [5.41, 5.74) is 2.34. The van der Waals surface area contributed by atoms with Gasteiger partial charge in [-0.1, -0.05) is 72.3 Å². The molecule has 0 aliphatic carbocycles. The van der Waals surface area contributed by atoms with Gasteiger partial charge >= 0.3 is 6.03 Å². The van der Waals surface area contributed by atoms with Gasteiger partial charge in [-0.15, -0.1) is 0 Å². The number of imide groups is 1. The highest BCUT2D eigenvalue weighted by molar-refractivity contribution is 6.30. The van der Waals surface area contributed by atoms with Crippen LogP contribution in [0.3, 0.4) is 0 Å². The first kappa shape index (κ1) is 20.6. The average Bonchev–Trinajstić information content (AvgIpc) is 3.07. The number of benzene rings is 3. The van der Waals surface area contributed by atoms with Gasteiger partial charge in [0.15, 0.2) is 0 Å². The van der Waals surface area contributed by atoms with Crippen molar-refractivity contribution in [3.63, 3.8) is 0 Å². The predicted octanol–water partition coefficient (Wildman–Crippen LogP) is 4.01. The standard InChI is InChI=1S/C24H20ClN3O3/c25-19-13-11-18(12-14-19)23(17-7-3-1-4-8-17)26-21(29)15-28-22(30)16-27(24(28)31)20-9-5-2-6-10-20/h1-14,23H,15-16H2,(H,26,29). The van der Waals surface area contributed by atoms with E-state index in [1.807, 2.05) is 48.5 Å². The topological polar surface area (TPSA) is 69.7 Å². The maximum atomic E-state index is 12.9. The molecule has 3 aromatic carbocycles. The van der Waals surface area contributed by atoms with Crippen LogP contribution in [0.4, 0.5) is 10.5 Å². The summed E-state index contributed by atoms with van der Waals surface area (Å²) in [6.07, 6.45) is 0. The number of carbonyl (C=O) groups excluding carboxylic acids is 3. The van der Waals surface area contributed by atoms with E-state index in [-0.39, 0.29) is 13.1 Å². The van der Waals surface area contributed by atoms with E-state index < -0.39 is 23.9 Å². The first-order valence-corrected chi connectivity index (χ1v) is 10.2. The van der Waals surface area contributed by atoms with Crippen LogP contribution in [0.15, 0.2) is 84.9 Å². The third kappa shape index (κ3) is 4.59. The van der Waals surface area contributed by atoms with Crippen molar-refractivity contribution >= 4 is 35.1 Å². The molecular formula is C24H20ClN3O3. The minimum atomic E-state index is -0.505. The average molecular weight is 434 g/mol. The van der Waals surface area contributed by atoms with Gasteiger partial charge in [-0.05, 0) is 35.4 Å². The van der Waals surface area contributed by atoms with Crippen LogP contribution in [0.2, 0.25) is 5.02 Å². The molecule has 1 N–H and O–H groups in total. The second kappa shape index (κ2) is 9.02. The van der Waals surface area contributed by atoms with Gasteiger partial charge in [0.25, 0.3) is 5.91 Å². The van der Waals surface area contributed by atoms with Crippen LogP contribution in [0, 0.1) is 0 Å². The maximum Gasteiger partial charge on any atom is 0.332 e. The van der Waals surface area contributed by atoms with Crippen LogP contribution in [0.1, 0.15) is 17.2 Å². The van der Waals surface area contributed by atoms with Crippen LogP contribution < -0.4 is 10.2 Å². The number of anilines is 1. The van der Waals surface area contributed by atoms with E-state index in [0.717, 1.165) is 16.0 Å². The summed E-state index contributed by atoms with van der Waals surface area (Å²) in [5.74, 6) is -0.841. The van der Waals surface area contributed by atoms with Crippen molar-refractivity contribution in [1.29, 1.82) is 0 Å². The van der Waals surface area contributed by atoms with E-state index in [2.05, 4.69) is 5.32 Å². The molecule has 3 aromatic rings. The molecule has 31 heavy (non-hydrogen) atoms. The highest BCUT2D eigenvalue weighted by Crippen LogP contribution is 2.24. The fourth-order valence-electron chi connectivity index (χ4n) is 3.52. The minimum absolute atomic E-state index is 0.0879. The summed E-state index contributed by atoms with van der Waals surface area (Å²) >= 11 is 6.00. The molecule has 0 bridgehead atoms. The number of amides is 4. The van der Waals surface area contributed by atoms with Crippen molar-refractivity contribution in [2.75, 3.05) is 18.0 Å². The van der Waals surface area contributed by atoms with Crippen molar-refractivity contribution in [3.8, 4) is 0 Å². The van der Waals surface area contributed by atoms with Gasteiger partial charge in [-0.3, -0.25) is 19.4 Å². The lowest BCUT2D eigenvalue weighted by molar-refractivity contribution is -0.130. The Morgan fingerprint density at radius 2 is 1.45 bits per heavy atom. The zero-order chi connectivity index (χ0) is 21.8. The fraction of sp³-hybridized carbons (Fsp3) is 0.125. The summed E-state index contributed by atoms with van der Waals surface area (Å²) in [6, 6.07) is 24.6. The van der Waals surface area contributed by atoms with Gasteiger partial charge < -0.3 is 5.32 Å². The van der Waals surface area contributed by atoms with Gasteiger partial charge in [0.2, 0.25) is 5.91 Å². The molecule has 0 saturated carbocycles. The quantitative estimate of drug-likeness (QED) is 0.597. The van der Waals surface area contributed by atoms with Crippen molar-refractivity contribution in [1.82, 2.24) is 10.2 Å². The summed E-state index contributed by atoms with van der Waals surface area (Å²) in [7, 11) is 0. The van der Waals surface area contributed by atoms with E-state index in [4.69, 9.17) is 11.6 Å². The molecular weight excluding hydrogens is 414 g/mol. The van der Waals surface area contributed by atoms with Gasteiger partial charge in [0.1, 0.15) is 13.1 Å². The molecule has 1 heterocycles. The monoisotopic (exact) mass is 433 g/mol. The van der Waals surface area contributed by atoms with E-state index in [1.165, 1.54) is 4.90 Å². The Morgan fingerprint density at radius 3 is 2.10 bits per heavy atom. The van der Waals surface area contributed by atoms with Gasteiger partial charge in [0.05, 0.1) is 6.04 Å². The molecule has 156 valence electrons. The van der Waals surface area contributed by atoms with Crippen molar-refractivity contribution in [2.24, 2.45) is 0 Å². The second-order valence-electron chi connectivity index (χ2n) is 7.15. The Labute approximate surface area is 185 Å². The van der Waals surface area contributed by atoms with Gasteiger partial charge in [-0.25, -0.2) is 4.79 Å². The molecule has 6 nitrogen and oxygen atoms in total. The Kier molecular flexibility index (Phi) is 6.00. The maximum absolute atomic E-state index is 12.9. The number of nitrogens with zero attached hydrogens (tertiary/aromatic N) is 2. The zero-order valence-electron chi connectivity index (χ0n) is 16.6. The van der Waals surface area contributed by atoms with Crippen LogP contribution in [0.25, 0.3) is 0 Å². The first-order valence-electron chi connectivity index (χ1n) is 9.79. The van der Waals surface area contributed by atoms with E-state index in [1.54, 1.807) is 36.4 Å². The number of rotatable bonds is 6. The highest BCUT2D eigenvalue weighted by Gasteiger charge is 2.38. The number of urea groups is 1. The summed E-state index contributed by atoms with van der Waals surface area (Å²) in [4.78, 5) is 40.4. The van der Waals surface area contributed by atoms with Crippen LogP contribution in [0.5, 0.6) is 0 Å². The van der Waals surface area contributed by atoms with E-state index >= 15 is 0 Å². The van der Waals surface area contributed by atoms with Crippen molar-refractivity contribution < 1.29 is 14.4 Å². The van der Waals surface area contributed by atoms with Crippen LogP contribution >= 0.6 is 11.6 Å². The number of hydrogen-bond donors (Lipinski definition) is 1. The molecule has 1 aliphatic heterocycles. The van der Waals surface area contributed by atoms with Gasteiger partial charge in [0, 0.05) is 10.7 Å². The molecule has 7 heteroatoms. The van der Waals surface area contributed by atoms with Gasteiger partial charge in [-0.2, -0.15) is 0 Å². The molecule has 0 radical (unpaired) electrons. The Hall–Kier alpha value is -3.64. The molecule has 4 rings (SSSR count). The van der Waals surface area contributed by atoms with Crippen molar-refractivity contribution in [2.45, 2.75) is 6.04 Å². The lowest BCUT2D eigenvalue weighted by atomic mass is 9.98. The molecule has 4 amide bonds. The van der Waals surface area contributed by atoms with Crippen molar-refractivity contribution in [3.05, 3.63) is 101 Å². The smallest absolute Gasteiger partial charge is 0.332 e. The Balaban J connectivity index is 1.51. The molecule has 0 spiro atoms. The van der Waals surface area contributed by atoms with Crippen LogP contribution in [-0.2, 0) is 9.59 Å². The number of nitrogens with one attached hydrogen (secondary N) is 1. The number of halogens is 1. The Bertz CT molecular complexity index is 1090. The number of para-hydroxylation sites is 1. The largest absolute Gasteiger partial charge is 0.344 e. The molecule has 1 unspecified atom stereocenters. The van der Waals surface area contributed by atoms with E-state index in [0.29, 0.717) is 10.7 Å². The normalized spacial score (nSPS) is 14.6.